The largest absolute Gasteiger partial charge is 0.358 e. The molecular weight excluding hydrogens is 224 g/mol. The van der Waals surface area contributed by atoms with Crippen LogP contribution in [0.5, 0.6) is 0 Å². The predicted molar refractivity (Wildman–Crippen MR) is 49.9 cm³/mol. The van der Waals surface area contributed by atoms with E-state index in [1.54, 1.807) is 13.8 Å². The fraction of sp³-hybridized carbons (Fsp3) is 0.875. The summed E-state index contributed by atoms with van der Waals surface area (Å²) in [6.07, 6.45) is 0. The molecule has 0 heterocycles. The molecule has 0 bridgehead atoms. The number of alkyl halides is 1. The van der Waals surface area contributed by atoms with Crippen LogP contribution in [0.3, 0.4) is 0 Å². The third kappa shape index (κ3) is 5.55. The Balaban J connectivity index is 3.90. The molecule has 0 atom stereocenters. The van der Waals surface area contributed by atoms with E-state index in [0.717, 1.165) is 0 Å². The van der Waals surface area contributed by atoms with Crippen molar-refractivity contribution in [2.45, 2.75) is 44.5 Å². The second-order valence-electron chi connectivity index (χ2n) is 4.04. The minimum Gasteiger partial charge on any atom is -0.296 e. The van der Waals surface area contributed by atoms with Crippen molar-refractivity contribution >= 4 is 21.9 Å². The molecule has 0 radical (unpaired) electrons. The molecule has 0 unspecified atom stereocenters. The Morgan fingerprint density at radius 2 is 1.58 bits per heavy atom. The van der Waals surface area contributed by atoms with Gasteiger partial charge in [0.1, 0.15) is 9.93 Å². The summed E-state index contributed by atoms with van der Waals surface area (Å²) < 4.78 is -0.696. The van der Waals surface area contributed by atoms with E-state index in [1.807, 2.05) is 20.8 Å². The van der Waals surface area contributed by atoms with E-state index in [1.165, 1.54) is 0 Å². The summed E-state index contributed by atoms with van der Waals surface area (Å²) >= 11 is 3.16. The van der Waals surface area contributed by atoms with E-state index in [-0.39, 0.29) is 0 Å². The van der Waals surface area contributed by atoms with Crippen molar-refractivity contribution in [1.82, 2.24) is 0 Å². The van der Waals surface area contributed by atoms with Gasteiger partial charge in [-0.25, -0.2) is 4.79 Å². The maximum Gasteiger partial charge on any atom is 0.358 e. The smallest absolute Gasteiger partial charge is 0.296 e. The minimum atomic E-state index is -0.696. The Bertz CT molecular complexity index is 164. The fourth-order valence-corrected chi connectivity index (χ4v) is 0.328. The van der Waals surface area contributed by atoms with Crippen molar-refractivity contribution in [3.8, 4) is 0 Å². The summed E-state index contributed by atoms with van der Waals surface area (Å²) in [5.41, 5.74) is -0.464. The van der Waals surface area contributed by atoms with Gasteiger partial charge in [-0.1, -0.05) is 15.9 Å². The first-order valence-corrected chi connectivity index (χ1v) is 4.51. The molecule has 0 aromatic heterocycles. The first-order chi connectivity index (χ1) is 5.13. The van der Waals surface area contributed by atoms with Gasteiger partial charge in [-0.15, -0.1) is 0 Å². The maximum atomic E-state index is 11.1. The summed E-state index contributed by atoms with van der Waals surface area (Å²) in [6.45, 7) is 8.81. The van der Waals surface area contributed by atoms with E-state index in [4.69, 9.17) is 4.89 Å². The van der Waals surface area contributed by atoms with E-state index >= 15 is 0 Å². The Kier molecular flexibility index (Phi) is 3.72. The van der Waals surface area contributed by atoms with Crippen molar-refractivity contribution < 1.29 is 14.6 Å². The highest BCUT2D eigenvalue weighted by atomic mass is 79.9. The quantitative estimate of drug-likeness (QED) is 0.421. The summed E-state index contributed by atoms with van der Waals surface area (Å²) in [5, 5.41) is 0. The molecule has 0 aromatic rings. The van der Waals surface area contributed by atoms with E-state index in [9.17, 15) is 4.79 Å². The number of hydrogen-bond acceptors (Lipinski definition) is 3. The Morgan fingerprint density at radius 3 is 1.83 bits per heavy atom. The third-order valence-electron chi connectivity index (χ3n) is 0.853. The number of carbonyl (C=O) groups is 1. The van der Waals surface area contributed by atoms with Gasteiger partial charge in [0.15, 0.2) is 0 Å². The van der Waals surface area contributed by atoms with Crippen LogP contribution < -0.4 is 0 Å². The van der Waals surface area contributed by atoms with Crippen molar-refractivity contribution in [3.63, 3.8) is 0 Å². The summed E-state index contributed by atoms with van der Waals surface area (Å²) in [7, 11) is 0. The predicted octanol–water partition coefficient (Wildman–Crippen LogP) is 2.43. The molecular formula is C8H15BrO3. The second kappa shape index (κ2) is 3.75. The summed E-state index contributed by atoms with van der Waals surface area (Å²) in [5.74, 6) is -0.433. The standard InChI is InChI=1S/C8H15BrO3/c1-7(2,3)12-11-6(10)8(4,5)9/h1-5H3. The lowest BCUT2D eigenvalue weighted by Gasteiger charge is -2.20. The van der Waals surface area contributed by atoms with Gasteiger partial charge < -0.3 is 0 Å². The minimum absolute atomic E-state index is 0.433. The van der Waals surface area contributed by atoms with Crippen molar-refractivity contribution in [2.24, 2.45) is 0 Å². The summed E-state index contributed by atoms with van der Waals surface area (Å²) in [4.78, 5) is 20.5. The van der Waals surface area contributed by atoms with E-state index in [2.05, 4.69) is 20.8 Å². The Hall–Kier alpha value is -0.0900. The zero-order valence-corrected chi connectivity index (χ0v) is 9.69. The summed E-state index contributed by atoms with van der Waals surface area (Å²) in [6, 6.07) is 0. The van der Waals surface area contributed by atoms with Gasteiger partial charge in [0.2, 0.25) is 0 Å². The molecule has 0 aliphatic carbocycles. The fourth-order valence-electron chi connectivity index (χ4n) is 0.262. The van der Waals surface area contributed by atoms with Gasteiger partial charge in [-0.05, 0) is 34.6 Å². The molecule has 0 saturated heterocycles. The number of halogens is 1. The monoisotopic (exact) mass is 238 g/mol. The van der Waals surface area contributed by atoms with Crippen LogP contribution in [0, 0.1) is 0 Å². The molecule has 0 amide bonds. The molecule has 4 heteroatoms. The maximum absolute atomic E-state index is 11.1. The molecule has 0 aliphatic rings. The van der Waals surface area contributed by atoms with Gasteiger partial charge in [0.25, 0.3) is 0 Å². The Morgan fingerprint density at radius 1 is 1.17 bits per heavy atom. The molecule has 0 rings (SSSR count). The van der Waals surface area contributed by atoms with Gasteiger partial charge >= 0.3 is 5.97 Å². The molecule has 0 saturated carbocycles. The van der Waals surface area contributed by atoms with Crippen LogP contribution in [0.1, 0.15) is 34.6 Å². The molecule has 12 heavy (non-hydrogen) atoms. The Labute approximate surface area is 81.5 Å². The number of carbonyl (C=O) groups excluding carboxylic acids is 1. The molecule has 0 aromatic carbocycles. The highest BCUT2D eigenvalue weighted by molar-refractivity contribution is 9.10. The zero-order chi connectivity index (χ0) is 9.99. The lowest BCUT2D eigenvalue weighted by molar-refractivity contribution is -0.321. The highest BCUT2D eigenvalue weighted by Crippen LogP contribution is 2.19. The molecule has 3 nitrogen and oxygen atoms in total. The number of hydrogen-bond donors (Lipinski definition) is 0. The second-order valence-corrected chi connectivity index (χ2v) is 6.02. The van der Waals surface area contributed by atoms with Crippen LogP contribution in [0.4, 0.5) is 0 Å². The molecule has 0 aliphatic heterocycles. The van der Waals surface area contributed by atoms with E-state index < -0.39 is 15.9 Å². The van der Waals surface area contributed by atoms with Crippen LogP contribution >= 0.6 is 15.9 Å². The van der Waals surface area contributed by atoms with Gasteiger partial charge in [0, 0.05) is 0 Å². The van der Waals surface area contributed by atoms with Crippen LogP contribution in [-0.4, -0.2) is 15.9 Å². The van der Waals surface area contributed by atoms with Crippen molar-refractivity contribution in [2.75, 3.05) is 0 Å². The normalized spacial score (nSPS) is 12.8. The SMILES string of the molecule is CC(C)(C)OOC(=O)C(C)(C)Br. The topological polar surface area (TPSA) is 35.5 Å². The van der Waals surface area contributed by atoms with E-state index in [0.29, 0.717) is 0 Å². The lowest BCUT2D eigenvalue weighted by Crippen LogP contribution is -2.30. The zero-order valence-electron chi connectivity index (χ0n) is 8.10. The van der Waals surface area contributed by atoms with Gasteiger partial charge in [-0.2, -0.15) is 4.89 Å². The molecule has 0 N–H and O–H groups in total. The average Bonchev–Trinajstić information content (AvgIpc) is 1.78. The average molecular weight is 239 g/mol. The van der Waals surface area contributed by atoms with Crippen LogP contribution in [0.15, 0.2) is 0 Å². The van der Waals surface area contributed by atoms with Crippen LogP contribution in [-0.2, 0) is 14.6 Å². The molecule has 0 spiro atoms. The first-order valence-electron chi connectivity index (χ1n) is 3.72. The van der Waals surface area contributed by atoms with Crippen LogP contribution in [0.25, 0.3) is 0 Å². The lowest BCUT2D eigenvalue weighted by atomic mass is 10.2. The van der Waals surface area contributed by atoms with Crippen molar-refractivity contribution in [1.29, 1.82) is 0 Å². The first kappa shape index (κ1) is 11.9. The third-order valence-corrected chi connectivity index (χ3v) is 1.18. The van der Waals surface area contributed by atoms with Gasteiger partial charge in [0.05, 0.1) is 0 Å². The van der Waals surface area contributed by atoms with Gasteiger partial charge in [-0.3, -0.25) is 4.89 Å². The van der Waals surface area contributed by atoms with Crippen molar-refractivity contribution in [3.05, 3.63) is 0 Å². The molecule has 72 valence electrons. The van der Waals surface area contributed by atoms with Crippen LogP contribution in [0.2, 0.25) is 0 Å². The number of rotatable bonds is 2. The highest BCUT2D eigenvalue weighted by Gasteiger charge is 2.28. The molecule has 0 fully saturated rings.